The summed E-state index contributed by atoms with van der Waals surface area (Å²) in [6.07, 6.45) is 4.13. The second-order valence-corrected chi connectivity index (χ2v) is 4.35. The standard InChI is InChI=1S/C13H14N4O/c18-13(11-7-15-16-8-11)17-12-2-1-9-3-4-14-6-10(9)5-12/h1-2,5,7-8,14H,3-4,6H2,(H,15,16)(H,17,18). The van der Waals surface area contributed by atoms with Crippen molar-refractivity contribution >= 4 is 11.6 Å². The molecule has 92 valence electrons. The van der Waals surface area contributed by atoms with Crippen molar-refractivity contribution < 1.29 is 4.79 Å². The van der Waals surface area contributed by atoms with Crippen LogP contribution >= 0.6 is 0 Å². The number of H-pyrrole nitrogens is 1. The summed E-state index contributed by atoms with van der Waals surface area (Å²) in [6, 6.07) is 6.06. The lowest BCUT2D eigenvalue weighted by atomic mass is 10.0. The zero-order valence-corrected chi connectivity index (χ0v) is 9.86. The second-order valence-electron chi connectivity index (χ2n) is 4.35. The van der Waals surface area contributed by atoms with E-state index in [1.165, 1.54) is 17.3 Å². The van der Waals surface area contributed by atoms with Gasteiger partial charge in [-0.25, -0.2) is 0 Å². The van der Waals surface area contributed by atoms with Crippen molar-refractivity contribution in [1.82, 2.24) is 15.5 Å². The molecule has 1 aromatic heterocycles. The average Bonchev–Trinajstić information content (AvgIpc) is 2.92. The Morgan fingerprint density at radius 2 is 2.28 bits per heavy atom. The third-order valence-corrected chi connectivity index (χ3v) is 3.11. The van der Waals surface area contributed by atoms with Gasteiger partial charge >= 0.3 is 0 Å². The number of nitrogens with one attached hydrogen (secondary N) is 3. The number of carbonyl (C=O) groups excluding carboxylic acids is 1. The van der Waals surface area contributed by atoms with Crippen LogP contribution in [0.4, 0.5) is 5.69 Å². The predicted molar refractivity (Wildman–Crippen MR) is 68.4 cm³/mol. The van der Waals surface area contributed by atoms with Gasteiger partial charge in [0.05, 0.1) is 11.8 Å². The van der Waals surface area contributed by atoms with Gasteiger partial charge in [0, 0.05) is 18.4 Å². The summed E-state index contributed by atoms with van der Waals surface area (Å²) in [4.78, 5) is 11.9. The molecule has 5 nitrogen and oxygen atoms in total. The fourth-order valence-electron chi connectivity index (χ4n) is 2.14. The van der Waals surface area contributed by atoms with Gasteiger partial charge in [-0.15, -0.1) is 0 Å². The Morgan fingerprint density at radius 1 is 1.33 bits per heavy atom. The lowest BCUT2D eigenvalue weighted by Crippen LogP contribution is -2.23. The third-order valence-electron chi connectivity index (χ3n) is 3.11. The first-order valence-electron chi connectivity index (χ1n) is 5.95. The number of hydrogen-bond donors (Lipinski definition) is 3. The monoisotopic (exact) mass is 242 g/mol. The van der Waals surface area contributed by atoms with E-state index < -0.39 is 0 Å². The summed E-state index contributed by atoms with van der Waals surface area (Å²) in [6.45, 7) is 1.89. The number of aromatic amines is 1. The Kier molecular flexibility index (Phi) is 2.82. The first kappa shape index (κ1) is 11.0. The Balaban J connectivity index is 1.79. The number of nitrogens with zero attached hydrogens (tertiary/aromatic N) is 1. The number of aromatic nitrogens is 2. The van der Waals surface area contributed by atoms with Crippen molar-refractivity contribution in [1.29, 1.82) is 0 Å². The molecule has 0 spiro atoms. The zero-order chi connectivity index (χ0) is 12.4. The highest BCUT2D eigenvalue weighted by molar-refractivity contribution is 6.03. The van der Waals surface area contributed by atoms with Gasteiger partial charge in [-0.3, -0.25) is 9.89 Å². The fourth-order valence-corrected chi connectivity index (χ4v) is 2.14. The third kappa shape index (κ3) is 2.12. The number of amides is 1. The van der Waals surface area contributed by atoms with E-state index in [4.69, 9.17) is 0 Å². The van der Waals surface area contributed by atoms with Crippen LogP contribution in [0.5, 0.6) is 0 Å². The molecule has 0 atom stereocenters. The minimum Gasteiger partial charge on any atom is -0.322 e. The maximum absolute atomic E-state index is 11.9. The van der Waals surface area contributed by atoms with E-state index in [2.05, 4.69) is 26.9 Å². The summed E-state index contributed by atoms with van der Waals surface area (Å²) in [5.74, 6) is -0.146. The Labute approximate surface area is 105 Å². The van der Waals surface area contributed by atoms with E-state index in [9.17, 15) is 4.79 Å². The largest absolute Gasteiger partial charge is 0.322 e. The van der Waals surface area contributed by atoms with Crippen LogP contribution in [0, 0.1) is 0 Å². The van der Waals surface area contributed by atoms with Crippen molar-refractivity contribution in [3.05, 3.63) is 47.3 Å². The lowest BCUT2D eigenvalue weighted by Gasteiger charge is -2.17. The van der Waals surface area contributed by atoms with Gasteiger partial charge < -0.3 is 10.6 Å². The van der Waals surface area contributed by atoms with E-state index in [1.807, 2.05) is 12.1 Å². The van der Waals surface area contributed by atoms with Crippen LogP contribution < -0.4 is 10.6 Å². The molecule has 1 aliphatic rings. The molecular weight excluding hydrogens is 228 g/mol. The molecule has 2 heterocycles. The van der Waals surface area contributed by atoms with Crippen molar-refractivity contribution in [2.45, 2.75) is 13.0 Å². The van der Waals surface area contributed by atoms with E-state index in [0.29, 0.717) is 5.56 Å². The highest BCUT2D eigenvalue weighted by atomic mass is 16.1. The summed E-state index contributed by atoms with van der Waals surface area (Å²) < 4.78 is 0. The maximum atomic E-state index is 11.9. The molecule has 1 amide bonds. The van der Waals surface area contributed by atoms with E-state index in [-0.39, 0.29) is 5.91 Å². The SMILES string of the molecule is O=C(Nc1ccc2c(c1)CNCC2)c1cn[nH]c1. The molecule has 1 aliphatic heterocycles. The molecule has 0 radical (unpaired) electrons. The number of fused-ring (bicyclic) bond motifs is 1. The van der Waals surface area contributed by atoms with Gasteiger partial charge in [0.2, 0.25) is 0 Å². The first-order valence-corrected chi connectivity index (χ1v) is 5.95. The fraction of sp³-hybridized carbons (Fsp3) is 0.231. The molecular formula is C13H14N4O. The molecule has 0 saturated carbocycles. The van der Waals surface area contributed by atoms with Crippen LogP contribution in [0.2, 0.25) is 0 Å². The molecule has 0 aliphatic carbocycles. The summed E-state index contributed by atoms with van der Waals surface area (Å²) in [5.41, 5.74) is 3.97. The number of anilines is 1. The number of benzene rings is 1. The summed E-state index contributed by atoms with van der Waals surface area (Å²) in [7, 11) is 0. The van der Waals surface area contributed by atoms with Crippen LogP contribution in [-0.2, 0) is 13.0 Å². The predicted octanol–water partition coefficient (Wildman–Crippen LogP) is 1.31. The first-order chi connectivity index (χ1) is 8.83. The zero-order valence-electron chi connectivity index (χ0n) is 9.86. The van der Waals surface area contributed by atoms with Crippen molar-refractivity contribution in [2.75, 3.05) is 11.9 Å². The average molecular weight is 242 g/mol. The van der Waals surface area contributed by atoms with Gasteiger partial charge in [0.15, 0.2) is 0 Å². The highest BCUT2D eigenvalue weighted by Gasteiger charge is 2.11. The van der Waals surface area contributed by atoms with E-state index in [0.717, 1.165) is 25.2 Å². The number of hydrogen-bond acceptors (Lipinski definition) is 3. The van der Waals surface area contributed by atoms with Crippen molar-refractivity contribution in [3.8, 4) is 0 Å². The Bertz CT molecular complexity index is 562. The molecule has 0 saturated heterocycles. The van der Waals surface area contributed by atoms with E-state index >= 15 is 0 Å². The van der Waals surface area contributed by atoms with Gasteiger partial charge in [-0.1, -0.05) is 6.07 Å². The minimum absolute atomic E-state index is 0.146. The molecule has 2 aromatic rings. The summed E-state index contributed by atoms with van der Waals surface area (Å²) >= 11 is 0. The molecule has 3 N–H and O–H groups in total. The van der Waals surface area contributed by atoms with Gasteiger partial charge in [0.25, 0.3) is 5.91 Å². The normalized spacial score (nSPS) is 14.0. The molecule has 18 heavy (non-hydrogen) atoms. The van der Waals surface area contributed by atoms with Crippen LogP contribution in [0.15, 0.2) is 30.6 Å². The molecule has 0 unspecified atom stereocenters. The quantitative estimate of drug-likeness (QED) is 0.743. The minimum atomic E-state index is -0.146. The Morgan fingerprint density at radius 3 is 3.11 bits per heavy atom. The molecule has 0 bridgehead atoms. The van der Waals surface area contributed by atoms with E-state index in [1.54, 1.807) is 6.20 Å². The number of rotatable bonds is 2. The van der Waals surface area contributed by atoms with Gasteiger partial charge in [-0.2, -0.15) is 5.10 Å². The molecule has 3 rings (SSSR count). The Hall–Kier alpha value is -2.14. The van der Waals surface area contributed by atoms with Gasteiger partial charge in [0.1, 0.15) is 0 Å². The van der Waals surface area contributed by atoms with Crippen LogP contribution in [0.3, 0.4) is 0 Å². The van der Waals surface area contributed by atoms with Crippen molar-refractivity contribution in [3.63, 3.8) is 0 Å². The van der Waals surface area contributed by atoms with Crippen LogP contribution in [0.1, 0.15) is 21.5 Å². The smallest absolute Gasteiger partial charge is 0.258 e. The molecule has 1 aromatic carbocycles. The number of carbonyl (C=O) groups is 1. The maximum Gasteiger partial charge on any atom is 0.258 e. The summed E-state index contributed by atoms with van der Waals surface area (Å²) in [5, 5.41) is 12.6. The van der Waals surface area contributed by atoms with Crippen molar-refractivity contribution in [2.24, 2.45) is 0 Å². The highest BCUT2D eigenvalue weighted by Crippen LogP contribution is 2.19. The van der Waals surface area contributed by atoms with Gasteiger partial charge in [-0.05, 0) is 36.2 Å². The van der Waals surface area contributed by atoms with Crippen LogP contribution in [-0.4, -0.2) is 22.6 Å². The molecule has 5 heteroatoms. The van der Waals surface area contributed by atoms with Crippen LogP contribution in [0.25, 0.3) is 0 Å². The topological polar surface area (TPSA) is 69.8 Å². The molecule has 0 fully saturated rings. The second kappa shape index (κ2) is 4.62. The lowest BCUT2D eigenvalue weighted by molar-refractivity contribution is 0.102.